The molecule has 2 N–H and O–H groups in total. The molecule has 1 heterocycles. The van der Waals surface area contributed by atoms with E-state index in [9.17, 15) is 4.79 Å². The summed E-state index contributed by atoms with van der Waals surface area (Å²) in [4.78, 5) is 11.8. The summed E-state index contributed by atoms with van der Waals surface area (Å²) in [7, 11) is 0. The highest BCUT2D eigenvalue weighted by molar-refractivity contribution is 7.80. The van der Waals surface area contributed by atoms with Crippen LogP contribution < -0.4 is 10.6 Å². The fraction of sp³-hybridized carbons (Fsp3) is 0.500. The van der Waals surface area contributed by atoms with Gasteiger partial charge in [0.25, 0.3) is 0 Å². The van der Waals surface area contributed by atoms with Crippen molar-refractivity contribution in [2.45, 2.75) is 20.4 Å². The summed E-state index contributed by atoms with van der Waals surface area (Å²) in [6.45, 7) is 4.42. The SMILES string of the molecule is Cc1csc(=O)n1CC(C)C(N)=S. The Balaban J connectivity index is 2.85. The maximum Gasteiger partial charge on any atom is 0.307 e. The molecule has 0 aliphatic carbocycles. The van der Waals surface area contributed by atoms with E-state index in [0.717, 1.165) is 5.69 Å². The number of hydrogen-bond donors (Lipinski definition) is 1. The number of aromatic nitrogens is 1. The molecule has 0 bridgehead atoms. The van der Waals surface area contributed by atoms with E-state index in [1.807, 2.05) is 19.2 Å². The molecule has 13 heavy (non-hydrogen) atoms. The van der Waals surface area contributed by atoms with Crippen LogP contribution in [0.2, 0.25) is 0 Å². The zero-order chi connectivity index (χ0) is 10.0. The van der Waals surface area contributed by atoms with Gasteiger partial charge in [0.05, 0.1) is 4.99 Å². The quantitative estimate of drug-likeness (QED) is 0.771. The van der Waals surface area contributed by atoms with Gasteiger partial charge in [0.15, 0.2) is 0 Å². The van der Waals surface area contributed by atoms with E-state index in [1.165, 1.54) is 11.3 Å². The van der Waals surface area contributed by atoms with Gasteiger partial charge in [-0.05, 0) is 6.92 Å². The molecular weight excluding hydrogens is 204 g/mol. The smallest absolute Gasteiger partial charge is 0.307 e. The fourth-order valence-corrected chi connectivity index (χ4v) is 1.81. The largest absolute Gasteiger partial charge is 0.393 e. The van der Waals surface area contributed by atoms with Crippen molar-refractivity contribution in [2.24, 2.45) is 11.7 Å². The van der Waals surface area contributed by atoms with Crippen molar-refractivity contribution in [3.05, 3.63) is 20.7 Å². The molecule has 1 rings (SSSR count). The van der Waals surface area contributed by atoms with Crippen LogP contribution in [0.3, 0.4) is 0 Å². The molecule has 0 radical (unpaired) electrons. The van der Waals surface area contributed by atoms with Crippen LogP contribution in [0.5, 0.6) is 0 Å². The second-order valence-corrected chi connectivity index (χ2v) is 4.35. The molecule has 0 amide bonds. The third-order valence-electron chi connectivity index (χ3n) is 1.92. The number of rotatable bonds is 3. The molecule has 0 aliphatic rings. The van der Waals surface area contributed by atoms with Crippen molar-refractivity contribution >= 4 is 28.5 Å². The summed E-state index contributed by atoms with van der Waals surface area (Å²) < 4.78 is 1.70. The molecule has 1 aromatic heterocycles. The maximum absolute atomic E-state index is 11.3. The van der Waals surface area contributed by atoms with Crippen molar-refractivity contribution in [1.82, 2.24) is 4.57 Å². The minimum absolute atomic E-state index is 0.0561. The molecule has 1 aromatic rings. The zero-order valence-electron chi connectivity index (χ0n) is 7.61. The summed E-state index contributed by atoms with van der Waals surface area (Å²) in [5, 5.41) is 1.84. The van der Waals surface area contributed by atoms with Crippen molar-refractivity contribution in [3.63, 3.8) is 0 Å². The molecule has 1 atom stereocenters. The Morgan fingerprint density at radius 2 is 2.46 bits per heavy atom. The van der Waals surface area contributed by atoms with Gasteiger partial charge < -0.3 is 10.3 Å². The van der Waals surface area contributed by atoms with E-state index < -0.39 is 0 Å². The first-order valence-electron chi connectivity index (χ1n) is 3.96. The van der Waals surface area contributed by atoms with Gasteiger partial charge in [0.1, 0.15) is 0 Å². The van der Waals surface area contributed by atoms with Crippen molar-refractivity contribution in [1.29, 1.82) is 0 Å². The first-order valence-corrected chi connectivity index (χ1v) is 5.25. The molecule has 1 unspecified atom stereocenters. The summed E-state index contributed by atoms with van der Waals surface area (Å²) in [6, 6.07) is 0. The lowest BCUT2D eigenvalue weighted by Gasteiger charge is -2.10. The van der Waals surface area contributed by atoms with Gasteiger partial charge in [-0.15, -0.1) is 0 Å². The Hall–Kier alpha value is -0.680. The lowest BCUT2D eigenvalue weighted by Crippen LogP contribution is -2.27. The molecule has 0 aromatic carbocycles. The van der Waals surface area contributed by atoms with Gasteiger partial charge in [-0.25, -0.2) is 0 Å². The molecule has 72 valence electrons. The van der Waals surface area contributed by atoms with E-state index in [2.05, 4.69) is 0 Å². The molecule has 0 aliphatic heterocycles. The van der Waals surface area contributed by atoms with Crippen molar-refractivity contribution in [3.8, 4) is 0 Å². The Morgan fingerprint density at radius 3 is 2.85 bits per heavy atom. The van der Waals surface area contributed by atoms with Crippen LogP contribution in [0.1, 0.15) is 12.6 Å². The third kappa shape index (κ3) is 2.38. The van der Waals surface area contributed by atoms with Crippen LogP contribution in [0.15, 0.2) is 10.2 Å². The minimum atomic E-state index is 0.0561. The fourth-order valence-electron chi connectivity index (χ4n) is 0.989. The number of thiazole rings is 1. The van der Waals surface area contributed by atoms with Gasteiger partial charge in [-0.1, -0.05) is 30.5 Å². The summed E-state index contributed by atoms with van der Waals surface area (Å²) in [5.74, 6) is 0.0704. The predicted octanol–water partition coefficient (Wildman–Crippen LogP) is 1.14. The van der Waals surface area contributed by atoms with E-state index in [4.69, 9.17) is 18.0 Å². The Kier molecular flexibility index (Phi) is 3.22. The molecule has 5 heteroatoms. The van der Waals surface area contributed by atoms with Gasteiger partial charge >= 0.3 is 4.87 Å². The van der Waals surface area contributed by atoms with E-state index >= 15 is 0 Å². The number of aryl methyl sites for hydroxylation is 1. The van der Waals surface area contributed by atoms with Gasteiger partial charge in [-0.2, -0.15) is 0 Å². The second kappa shape index (κ2) is 4.02. The summed E-state index contributed by atoms with van der Waals surface area (Å²) in [5.41, 5.74) is 6.44. The van der Waals surface area contributed by atoms with Gasteiger partial charge in [0.2, 0.25) is 0 Å². The number of nitrogens with zero attached hydrogens (tertiary/aromatic N) is 1. The Bertz CT molecular complexity index is 366. The third-order valence-corrected chi connectivity index (χ3v) is 3.20. The van der Waals surface area contributed by atoms with Crippen LogP contribution >= 0.6 is 23.6 Å². The van der Waals surface area contributed by atoms with E-state index in [0.29, 0.717) is 11.5 Å². The lowest BCUT2D eigenvalue weighted by atomic mass is 10.2. The number of thiocarbonyl (C=S) groups is 1. The minimum Gasteiger partial charge on any atom is -0.393 e. The van der Waals surface area contributed by atoms with E-state index in [1.54, 1.807) is 4.57 Å². The van der Waals surface area contributed by atoms with Gasteiger partial charge in [0, 0.05) is 23.5 Å². The van der Waals surface area contributed by atoms with E-state index in [-0.39, 0.29) is 10.8 Å². The summed E-state index contributed by atoms with van der Waals surface area (Å²) >= 11 is 6.05. The first-order chi connectivity index (χ1) is 6.02. The normalized spacial score (nSPS) is 12.8. The topological polar surface area (TPSA) is 48.0 Å². The highest BCUT2D eigenvalue weighted by atomic mass is 32.1. The van der Waals surface area contributed by atoms with Crippen LogP contribution in [-0.2, 0) is 6.54 Å². The Labute approximate surface area is 86.2 Å². The van der Waals surface area contributed by atoms with Crippen LogP contribution in [-0.4, -0.2) is 9.56 Å². The molecule has 0 saturated heterocycles. The monoisotopic (exact) mass is 216 g/mol. The molecule has 0 spiro atoms. The van der Waals surface area contributed by atoms with Crippen LogP contribution in [0, 0.1) is 12.8 Å². The van der Waals surface area contributed by atoms with Crippen LogP contribution in [0.25, 0.3) is 0 Å². The van der Waals surface area contributed by atoms with Gasteiger partial charge in [-0.3, -0.25) is 4.79 Å². The Morgan fingerprint density at radius 1 is 1.85 bits per heavy atom. The highest BCUT2D eigenvalue weighted by Crippen LogP contribution is 2.04. The maximum atomic E-state index is 11.3. The lowest BCUT2D eigenvalue weighted by molar-refractivity contribution is 0.579. The molecule has 0 saturated carbocycles. The number of hydrogen-bond acceptors (Lipinski definition) is 3. The molecule has 3 nitrogen and oxygen atoms in total. The number of nitrogens with two attached hydrogens (primary N) is 1. The van der Waals surface area contributed by atoms with Crippen molar-refractivity contribution in [2.75, 3.05) is 0 Å². The highest BCUT2D eigenvalue weighted by Gasteiger charge is 2.09. The van der Waals surface area contributed by atoms with Crippen molar-refractivity contribution < 1.29 is 0 Å². The first kappa shape index (κ1) is 10.4. The average Bonchev–Trinajstić information content (AvgIpc) is 2.35. The second-order valence-electron chi connectivity index (χ2n) is 3.06. The molecular formula is C8H12N2OS2. The zero-order valence-corrected chi connectivity index (χ0v) is 9.24. The standard InChI is InChI=1S/C8H12N2OS2/c1-5(7(9)12)3-10-6(2)4-13-8(10)11/h4-5H,3H2,1-2H3,(H2,9,12). The van der Waals surface area contributed by atoms with Crippen LogP contribution in [0.4, 0.5) is 0 Å². The summed E-state index contributed by atoms with van der Waals surface area (Å²) in [6.07, 6.45) is 0. The predicted molar refractivity (Wildman–Crippen MR) is 59.3 cm³/mol. The molecule has 0 fully saturated rings. The average molecular weight is 216 g/mol.